The van der Waals surface area contributed by atoms with Crippen LogP contribution in [0.5, 0.6) is 5.75 Å². The van der Waals surface area contributed by atoms with Crippen LogP contribution in [0.3, 0.4) is 0 Å². The van der Waals surface area contributed by atoms with Gasteiger partial charge in [-0.3, -0.25) is 14.4 Å². The number of halogens is 1. The van der Waals surface area contributed by atoms with Crippen LogP contribution in [0.4, 0.5) is 4.39 Å². The Balaban J connectivity index is 1.15. The summed E-state index contributed by atoms with van der Waals surface area (Å²) < 4.78 is 19.3. The van der Waals surface area contributed by atoms with Crippen molar-refractivity contribution in [3.8, 4) is 5.75 Å². The number of carboxylic acids is 1. The molecule has 7 nitrogen and oxygen atoms in total. The Morgan fingerprint density at radius 2 is 1.71 bits per heavy atom. The molecule has 2 aliphatic rings. The number of amides is 2. The van der Waals surface area contributed by atoms with E-state index in [0.717, 1.165) is 10.5 Å². The van der Waals surface area contributed by atoms with Crippen molar-refractivity contribution in [3.05, 3.63) is 59.4 Å². The Morgan fingerprint density at radius 1 is 1.00 bits per heavy atom. The zero-order chi connectivity index (χ0) is 24.1. The molecule has 0 radical (unpaired) electrons. The molecule has 2 aromatic rings. The fourth-order valence-corrected chi connectivity index (χ4v) is 5.45. The molecule has 9 heteroatoms. The fraction of sp³-hybridized carbons (Fsp3) is 0.400. The van der Waals surface area contributed by atoms with E-state index in [1.807, 2.05) is 0 Å². The lowest BCUT2D eigenvalue weighted by Crippen LogP contribution is -2.38. The van der Waals surface area contributed by atoms with Gasteiger partial charge in [0.05, 0.1) is 17.3 Å². The first-order chi connectivity index (χ1) is 16.4. The fourth-order valence-electron chi connectivity index (χ4n) is 4.25. The van der Waals surface area contributed by atoms with Gasteiger partial charge < -0.3 is 20.5 Å². The van der Waals surface area contributed by atoms with Crippen LogP contribution in [-0.4, -0.2) is 47.3 Å². The Morgan fingerprint density at radius 3 is 2.41 bits per heavy atom. The number of carbonyl (C=O) groups excluding carboxylic acids is 2. The summed E-state index contributed by atoms with van der Waals surface area (Å²) in [6.45, 7) is 0.584. The third kappa shape index (κ3) is 6.08. The van der Waals surface area contributed by atoms with Crippen LogP contribution in [0.15, 0.2) is 47.4 Å². The maximum Gasteiger partial charge on any atom is 0.306 e. The van der Waals surface area contributed by atoms with E-state index in [1.54, 1.807) is 30.3 Å². The van der Waals surface area contributed by atoms with Crippen LogP contribution in [0.25, 0.3) is 0 Å². The quantitative estimate of drug-likeness (QED) is 0.494. The second kappa shape index (κ2) is 10.9. The Kier molecular flexibility index (Phi) is 7.72. The predicted molar refractivity (Wildman–Crippen MR) is 126 cm³/mol. The van der Waals surface area contributed by atoms with E-state index in [2.05, 4.69) is 10.6 Å². The maximum atomic E-state index is 13.3. The van der Waals surface area contributed by atoms with E-state index in [9.17, 15) is 18.8 Å². The van der Waals surface area contributed by atoms with Crippen LogP contribution in [0.2, 0.25) is 0 Å². The Hall–Kier alpha value is -3.07. The molecule has 34 heavy (non-hydrogen) atoms. The lowest BCUT2D eigenvalue weighted by atomic mass is 9.87. The van der Waals surface area contributed by atoms with Crippen molar-refractivity contribution >= 4 is 29.5 Å². The Labute approximate surface area is 201 Å². The van der Waals surface area contributed by atoms with Crippen molar-refractivity contribution in [2.24, 2.45) is 5.92 Å². The van der Waals surface area contributed by atoms with Gasteiger partial charge in [-0.05, 0) is 80.1 Å². The van der Waals surface area contributed by atoms with Crippen LogP contribution >= 0.6 is 11.8 Å². The summed E-state index contributed by atoms with van der Waals surface area (Å²) in [5.74, 6) is -1.06. The molecule has 1 atom stereocenters. The minimum Gasteiger partial charge on any atom is -0.490 e. The standard InChI is InChI=1S/C25H27FN2O5S/c26-18-5-10-21-17(13-18)14-22(34-21)24(30)28-12-11-27-23(29)15-1-6-19(7-2-15)33-20-8-3-16(4-9-20)25(31)32/h1-2,5-7,10,13,16,20,22H,3-4,8-9,11-12,14H2,(H,27,29)(H,28,30)(H,31,32). The van der Waals surface area contributed by atoms with Crippen molar-refractivity contribution in [2.45, 2.75) is 48.4 Å². The van der Waals surface area contributed by atoms with Crippen molar-refractivity contribution in [2.75, 3.05) is 13.1 Å². The second-order valence-corrected chi connectivity index (χ2v) is 9.81. The van der Waals surface area contributed by atoms with Gasteiger partial charge >= 0.3 is 5.97 Å². The van der Waals surface area contributed by atoms with E-state index in [1.165, 1.54) is 23.9 Å². The summed E-state index contributed by atoms with van der Waals surface area (Å²) in [4.78, 5) is 36.7. The van der Waals surface area contributed by atoms with Gasteiger partial charge in [0.15, 0.2) is 0 Å². The monoisotopic (exact) mass is 486 g/mol. The number of ether oxygens (including phenoxy) is 1. The van der Waals surface area contributed by atoms with E-state index in [-0.39, 0.29) is 41.4 Å². The van der Waals surface area contributed by atoms with Crippen LogP contribution in [-0.2, 0) is 16.0 Å². The molecule has 2 aromatic carbocycles. The summed E-state index contributed by atoms with van der Waals surface area (Å²) in [5, 5.41) is 14.4. The van der Waals surface area contributed by atoms with Gasteiger partial charge in [0.25, 0.3) is 5.91 Å². The molecule has 0 bridgehead atoms. The van der Waals surface area contributed by atoms with E-state index in [4.69, 9.17) is 9.84 Å². The van der Waals surface area contributed by atoms with E-state index >= 15 is 0 Å². The molecule has 0 spiro atoms. The van der Waals surface area contributed by atoms with Crippen molar-refractivity contribution in [1.29, 1.82) is 0 Å². The average Bonchev–Trinajstić information content (AvgIpc) is 3.26. The van der Waals surface area contributed by atoms with Gasteiger partial charge in [-0.1, -0.05) is 0 Å². The lowest BCUT2D eigenvalue weighted by Gasteiger charge is -2.26. The maximum absolute atomic E-state index is 13.3. The molecule has 3 N–H and O–H groups in total. The summed E-state index contributed by atoms with van der Waals surface area (Å²) in [7, 11) is 0. The summed E-state index contributed by atoms with van der Waals surface area (Å²) >= 11 is 1.43. The highest BCUT2D eigenvalue weighted by molar-refractivity contribution is 8.01. The van der Waals surface area contributed by atoms with Gasteiger partial charge in [-0.25, -0.2) is 4.39 Å². The van der Waals surface area contributed by atoms with Crippen LogP contribution < -0.4 is 15.4 Å². The first-order valence-corrected chi connectivity index (χ1v) is 12.3. The third-order valence-corrected chi connectivity index (χ3v) is 7.46. The van der Waals surface area contributed by atoms with Crippen molar-refractivity contribution in [1.82, 2.24) is 10.6 Å². The molecule has 2 amide bonds. The molecular weight excluding hydrogens is 459 g/mol. The van der Waals surface area contributed by atoms with E-state index in [0.29, 0.717) is 50.0 Å². The zero-order valence-electron chi connectivity index (χ0n) is 18.6. The van der Waals surface area contributed by atoms with Crippen LogP contribution in [0, 0.1) is 11.7 Å². The summed E-state index contributed by atoms with van der Waals surface area (Å²) in [5.41, 5.74) is 1.33. The topological polar surface area (TPSA) is 105 Å². The second-order valence-electron chi connectivity index (χ2n) is 8.56. The van der Waals surface area contributed by atoms with Crippen molar-refractivity contribution < 1.29 is 28.6 Å². The minimum atomic E-state index is -0.743. The van der Waals surface area contributed by atoms with Crippen LogP contribution in [0.1, 0.15) is 41.6 Å². The first-order valence-electron chi connectivity index (χ1n) is 11.4. The molecule has 4 rings (SSSR count). The summed E-state index contributed by atoms with van der Waals surface area (Å²) in [6, 6.07) is 11.4. The number of benzene rings is 2. The minimum absolute atomic E-state index is 0.0104. The largest absolute Gasteiger partial charge is 0.490 e. The number of hydrogen-bond acceptors (Lipinski definition) is 5. The SMILES string of the molecule is O=C(NCCNC(=O)C1Cc2cc(F)ccc2S1)c1ccc(OC2CCC(C(=O)O)CC2)cc1. The molecule has 1 aliphatic carbocycles. The number of carbonyl (C=O) groups is 3. The van der Waals surface area contributed by atoms with Gasteiger partial charge in [0.2, 0.25) is 5.91 Å². The number of aliphatic carboxylic acids is 1. The molecule has 180 valence electrons. The molecule has 1 fully saturated rings. The number of thioether (sulfide) groups is 1. The van der Waals surface area contributed by atoms with Gasteiger partial charge in [-0.15, -0.1) is 11.8 Å². The molecule has 0 saturated heterocycles. The highest BCUT2D eigenvalue weighted by Gasteiger charge is 2.28. The van der Waals surface area contributed by atoms with Gasteiger partial charge in [0, 0.05) is 23.5 Å². The molecule has 0 aromatic heterocycles. The molecular formula is C25H27FN2O5S. The zero-order valence-corrected chi connectivity index (χ0v) is 19.4. The lowest BCUT2D eigenvalue weighted by molar-refractivity contribution is -0.143. The smallest absolute Gasteiger partial charge is 0.306 e. The highest BCUT2D eigenvalue weighted by atomic mass is 32.2. The van der Waals surface area contributed by atoms with Gasteiger partial charge in [-0.2, -0.15) is 0 Å². The highest BCUT2D eigenvalue weighted by Crippen LogP contribution is 2.37. The molecule has 1 heterocycles. The number of carboxylic acid groups (broad SMARTS) is 1. The first kappa shape index (κ1) is 24.1. The number of rotatable bonds is 8. The third-order valence-electron chi connectivity index (χ3n) is 6.14. The van der Waals surface area contributed by atoms with Crippen molar-refractivity contribution in [3.63, 3.8) is 0 Å². The molecule has 1 unspecified atom stereocenters. The predicted octanol–water partition coefficient (Wildman–Crippen LogP) is 3.41. The number of nitrogens with one attached hydrogen (secondary N) is 2. The summed E-state index contributed by atoms with van der Waals surface area (Å²) in [6.07, 6.45) is 3.11. The normalized spacial score (nSPS) is 21.4. The molecule has 1 aliphatic heterocycles. The Bertz CT molecular complexity index is 1050. The molecule has 1 saturated carbocycles. The number of hydrogen-bond donors (Lipinski definition) is 3. The van der Waals surface area contributed by atoms with E-state index < -0.39 is 5.97 Å². The van der Waals surface area contributed by atoms with Gasteiger partial charge in [0.1, 0.15) is 11.6 Å². The number of fused-ring (bicyclic) bond motifs is 1. The average molecular weight is 487 g/mol.